The number of halogens is 1. The minimum absolute atomic E-state index is 0.0835. The van der Waals surface area contributed by atoms with E-state index >= 15 is 0 Å². The molecule has 1 fully saturated rings. The lowest BCUT2D eigenvalue weighted by molar-refractivity contribution is -0.127. The zero-order chi connectivity index (χ0) is 20.2. The monoisotopic (exact) mass is 470 g/mol. The minimum atomic E-state index is 0.0835. The Morgan fingerprint density at radius 1 is 1.10 bits per heavy atom. The number of rotatable bonds is 8. The summed E-state index contributed by atoms with van der Waals surface area (Å²) in [4.78, 5) is 14.4. The van der Waals surface area contributed by atoms with E-state index in [9.17, 15) is 4.79 Å². The first-order chi connectivity index (χ1) is 14.1. The van der Waals surface area contributed by atoms with Crippen LogP contribution in [0.15, 0.2) is 64.2 Å². The van der Waals surface area contributed by atoms with Gasteiger partial charge in [-0.25, -0.2) is 0 Å². The van der Waals surface area contributed by atoms with E-state index < -0.39 is 0 Å². The summed E-state index contributed by atoms with van der Waals surface area (Å²) in [6.07, 6.45) is 2.35. The van der Waals surface area contributed by atoms with Gasteiger partial charge in [-0.3, -0.25) is 4.79 Å². The molecule has 1 saturated carbocycles. The first-order valence-electron chi connectivity index (χ1n) is 9.68. The summed E-state index contributed by atoms with van der Waals surface area (Å²) in [5, 5.41) is 9.65. The number of nitrogens with zero attached hydrogens (tertiary/aromatic N) is 4. The Bertz CT molecular complexity index is 970. The van der Waals surface area contributed by atoms with E-state index in [1.165, 1.54) is 30.2 Å². The molecule has 1 aliphatic rings. The topological polar surface area (TPSA) is 51.0 Å². The van der Waals surface area contributed by atoms with Crippen LogP contribution in [0.3, 0.4) is 0 Å². The fraction of sp³-hybridized carbons (Fsp3) is 0.318. The van der Waals surface area contributed by atoms with Gasteiger partial charge in [-0.2, -0.15) is 0 Å². The summed E-state index contributed by atoms with van der Waals surface area (Å²) in [5.41, 5.74) is 2.33. The molecule has 0 aliphatic heterocycles. The third-order valence-electron chi connectivity index (χ3n) is 4.95. The number of benzene rings is 2. The highest BCUT2D eigenvalue weighted by Crippen LogP contribution is 2.40. The van der Waals surface area contributed by atoms with Gasteiger partial charge >= 0.3 is 0 Å². The van der Waals surface area contributed by atoms with Crippen LogP contribution in [0, 0.1) is 0 Å². The van der Waals surface area contributed by atoms with Crippen LogP contribution in [0.5, 0.6) is 0 Å². The molecule has 0 radical (unpaired) electrons. The molecule has 5 nitrogen and oxygen atoms in total. The maximum atomic E-state index is 12.6. The number of carbonyl (C=O) groups is 1. The molecule has 2 aromatic carbocycles. The molecule has 0 bridgehead atoms. The predicted molar refractivity (Wildman–Crippen MR) is 119 cm³/mol. The minimum Gasteiger partial charge on any atom is -0.341 e. The smallest absolute Gasteiger partial charge is 0.233 e. The summed E-state index contributed by atoms with van der Waals surface area (Å²) in [6, 6.07) is 18.4. The Balaban J connectivity index is 1.41. The van der Waals surface area contributed by atoms with E-state index in [0.29, 0.717) is 18.2 Å². The van der Waals surface area contributed by atoms with Gasteiger partial charge in [0.15, 0.2) is 5.16 Å². The van der Waals surface area contributed by atoms with Crippen molar-refractivity contribution in [2.45, 2.75) is 37.0 Å². The molecule has 0 unspecified atom stereocenters. The van der Waals surface area contributed by atoms with Crippen molar-refractivity contribution in [1.82, 2.24) is 19.7 Å². The predicted octanol–water partition coefficient (Wildman–Crippen LogP) is 4.72. The van der Waals surface area contributed by atoms with Crippen LogP contribution < -0.4 is 0 Å². The van der Waals surface area contributed by atoms with Crippen molar-refractivity contribution in [3.63, 3.8) is 0 Å². The molecule has 1 amide bonds. The maximum Gasteiger partial charge on any atom is 0.233 e. The largest absolute Gasteiger partial charge is 0.341 e. The van der Waals surface area contributed by atoms with Gasteiger partial charge in [-0.05, 0) is 36.1 Å². The SMILES string of the molecule is CN(Cc1ccc(Br)cc1)C(=O)CSc1nnc(C2CC2)n1Cc1ccccc1. The molecule has 0 atom stereocenters. The quantitative estimate of drug-likeness (QED) is 0.447. The van der Waals surface area contributed by atoms with E-state index in [1.807, 2.05) is 49.5 Å². The standard InChI is InChI=1S/C22H23BrN4OS/c1-26(13-17-7-11-19(23)12-8-17)20(28)15-29-22-25-24-21(18-9-10-18)27(22)14-16-5-3-2-4-6-16/h2-8,11-12,18H,9-10,13-15H2,1H3. The molecule has 0 spiro atoms. The van der Waals surface area contributed by atoms with Crippen LogP contribution in [-0.4, -0.2) is 38.4 Å². The highest BCUT2D eigenvalue weighted by molar-refractivity contribution is 9.10. The molecule has 0 N–H and O–H groups in total. The number of thioether (sulfide) groups is 1. The zero-order valence-corrected chi connectivity index (χ0v) is 18.7. The number of aromatic nitrogens is 3. The first-order valence-corrected chi connectivity index (χ1v) is 11.5. The molecule has 0 saturated heterocycles. The number of amides is 1. The van der Waals surface area contributed by atoms with Crippen molar-refractivity contribution in [1.29, 1.82) is 0 Å². The lowest BCUT2D eigenvalue weighted by Gasteiger charge is -2.17. The lowest BCUT2D eigenvalue weighted by atomic mass is 10.2. The Morgan fingerprint density at radius 3 is 2.52 bits per heavy atom. The summed E-state index contributed by atoms with van der Waals surface area (Å²) in [6.45, 7) is 1.33. The normalized spacial score (nSPS) is 13.4. The van der Waals surface area contributed by atoms with Gasteiger partial charge in [0.05, 0.1) is 12.3 Å². The summed E-state index contributed by atoms with van der Waals surface area (Å²) >= 11 is 4.91. The average molecular weight is 471 g/mol. The van der Waals surface area contributed by atoms with E-state index in [1.54, 1.807) is 4.90 Å². The molecule has 1 aromatic heterocycles. The zero-order valence-electron chi connectivity index (χ0n) is 16.3. The molecule has 3 aromatic rings. The number of carbonyl (C=O) groups excluding carboxylic acids is 1. The molecule has 4 rings (SSSR count). The van der Waals surface area contributed by atoms with Gasteiger partial charge < -0.3 is 9.47 Å². The van der Waals surface area contributed by atoms with Crippen molar-refractivity contribution in [2.75, 3.05) is 12.8 Å². The molecular formula is C22H23BrN4OS. The molecule has 1 aliphatic carbocycles. The van der Waals surface area contributed by atoms with Gasteiger partial charge in [0.25, 0.3) is 0 Å². The molecule has 7 heteroatoms. The Hall–Kier alpha value is -2.12. The van der Waals surface area contributed by atoms with Gasteiger partial charge in [-0.1, -0.05) is 70.2 Å². The first kappa shape index (κ1) is 20.2. The molecular weight excluding hydrogens is 448 g/mol. The summed E-state index contributed by atoms with van der Waals surface area (Å²) in [5.74, 6) is 1.99. The van der Waals surface area contributed by atoms with Crippen molar-refractivity contribution >= 4 is 33.6 Å². The lowest BCUT2D eigenvalue weighted by Crippen LogP contribution is -2.27. The second-order valence-electron chi connectivity index (χ2n) is 7.35. The van der Waals surface area contributed by atoms with Crippen molar-refractivity contribution in [3.05, 3.63) is 76.0 Å². The highest BCUT2D eigenvalue weighted by Gasteiger charge is 2.30. The highest BCUT2D eigenvalue weighted by atomic mass is 79.9. The van der Waals surface area contributed by atoms with Crippen LogP contribution in [0.1, 0.15) is 35.7 Å². The number of hydrogen-bond acceptors (Lipinski definition) is 4. The van der Waals surface area contributed by atoms with Crippen molar-refractivity contribution in [3.8, 4) is 0 Å². The van der Waals surface area contributed by atoms with Crippen LogP contribution in [0.4, 0.5) is 0 Å². The van der Waals surface area contributed by atoms with Crippen LogP contribution in [-0.2, 0) is 17.9 Å². The Labute approximate surface area is 183 Å². The van der Waals surface area contributed by atoms with Crippen molar-refractivity contribution in [2.24, 2.45) is 0 Å². The van der Waals surface area contributed by atoms with Gasteiger partial charge in [0.1, 0.15) is 5.82 Å². The van der Waals surface area contributed by atoms with Gasteiger partial charge in [0, 0.05) is 24.0 Å². The Kier molecular flexibility index (Phi) is 6.35. The van der Waals surface area contributed by atoms with Crippen molar-refractivity contribution < 1.29 is 4.79 Å². The van der Waals surface area contributed by atoms with Gasteiger partial charge in [0.2, 0.25) is 5.91 Å². The fourth-order valence-electron chi connectivity index (χ4n) is 3.15. The van der Waals surface area contributed by atoms with E-state index in [0.717, 1.165) is 27.6 Å². The van der Waals surface area contributed by atoms with E-state index in [4.69, 9.17) is 0 Å². The number of hydrogen-bond donors (Lipinski definition) is 0. The van der Waals surface area contributed by atoms with Crippen LogP contribution in [0.25, 0.3) is 0 Å². The molecule has 150 valence electrons. The fourth-order valence-corrected chi connectivity index (χ4v) is 4.30. The molecule has 29 heavy (non-hydrogen) atoms. The van der Waals surface area contributed by atoms with Gasteiger partial charge in [-0.15, -0.1) is 10.2 Å². The van der Waals surface area contributed by atoms with E-state index in [2.05, 4.69) is 42.8 Å². The third-order valence-corrected chi connectivity index (χ3v) is 6.44. The summed E-state index contributed by atoms with van der Waals surface area (Å²) in [7, 11) is 1.84. The third kappa shape index (κ3) is 5.28. The average Bonchev–Trinajstić information content (AvgIpc) is 3.50. The second-order valence-corrected chi connectivity index (χ2v) is 9.21. The second kappa shape index (κ2) is 9.13. The molecule has 1 heterocycles. The maximum absolute atomic E-state index is 12.6. The van der Waals surface area contributed by atoms with Crippen LogP contribution >= 0.6 is 27.7 Å². The summed E-state index contributed by atoms with van der Waals surface area (Å²) < 4.78 is 3.22. The van der Waals surface area contributed by atoms with Crippen LogP contribution in [0.2, 0.25) is 0 Å². The Morgan fingerprint density at radius 2 is 1.83 bits per heavy atom. The van der Waals surface area contributed by atoms with E-state index in [-0.39, 0.29) is 5.91 Å².